The molecular formula is C23H38ClNO3. The van der Waals surface area contributed by atoms with Crippen LogP contribution in [0.25, 0.3) is 0 Å². The van der Waals surface area contributed by atoms with Crippen molar-refractivity contribution in [3.05, 3.63) is 22.3 Å². The van der Waals surface area contributed by atoms with Gasteiger partial charge in [0.25, 0.3) is 0 Å². The number of quaternary nitrogens is 1. The number of benzene rings is 1. The van der Waals surface area contributed by atoms with Crippen LogP contribution in [0.2, 0.25) is 0 Å². The molecule has 0 amide bonds. The summed E-state index contributed by atoms with van der Waals surface area (Å²) in [6.07, 6.45) is 5.52. The minimum atomic E-state index is -0.269. The maximum Gasteiger partial charge on any atom is 0.308 e. The first kappa shape index (κ1) is 24.8. The van der Waals surface area contributed by atoms with Crippen LogP contribution in [-0.4, -0.2) is 43.2 Å². The van der Waals surface area contributed by atoms with E-state index >= 15 is 0 Å². The molecule has 0 saturated carbocycles. The van der Waals surface area contributed by atoms with Gasteiger partial charge < -0.3 is 26.4 Å². The fourth-order valence-corrected chi connectivity index (χ4v) is 3.99. The molecule has 1 heterocycles. The molecule has 1 atom stereocenters. The summed E-state index contributed by atoms with van der Waals surface area (Å²) in [6, 6.07) is 0. The average molecular weight is 412 g/mol. The molecule has 0 radical (unpaired) electrons. The zero-order valence-corrected chi connectivity index (χ0v) is 19.8. The van der Waals surface area contributed by atoms with Crippen LogP contribution in [0.15, 0.2) is 0 Å². The van der Waals surface area contributed by atoms with Gasteiger partial charge in [-0.25, -0.2) is 0 Å². The van der Waals surface area contributed by atoms with Crippen molar-refractivity contribution in [3.63, 3.8) is 0 Å². The number of hydrogen-bond acceptors (Lipinski definition) is 3. The van der Waals surface area contributed by atoms with E-state index in [1.165, 1.54) is 31.9 Å². The number of ether oxygens (including phenoxy) is 2. The molecule has 1 aromatic rings. The summed E-state index contributed by atoms with van der Waals surface area (Å²) in [6.45, 7) is 14.4. The molecular weight excluding hydrogens is 374 g/mol. The van der Waals surface area contributed by atoms with E-state index in [1.54, 1.807) is 0 Å². The van der Waals surface area contributed by atoms with Crippen LogP contribution in [0.5, 0.6) is 11.5 Å². The molecule has 1 aliphatic heterocycles. The van der Waals surface area contributed by atoms with Crippen LogP contribution < -0.4 is 21.9 Å². The predicted molar refractivity (Wildman–Crippen MR) is 111 cm³/mol. The lowest BCUT2D eigenvalue weighted by atomic mass is 9.85. The van der Waals surface area contributed by atoms with Crippen LogP contribution in [0.1, 0.15) is 68.7 Å². The van der Waals surface area contributed by atoms with Crippen molar-refractivity contribution < 1.29 is 31.2 Å². The molecule has 2 rings (SSSR count). The molecule has 1 aliphatic rings. The fourth-order valence-electron chi connectivity index (χ4n) is 3.99. The Balaban J connectivity index is 0.00000392. The van der Waals surface area contributed by atoms with Gasteiger partial charge in [-0.2, -0.15) is 0 Å². The maximum atomic E-state index is 11.5. The summed E-state index contributed by atoms with van der Waals surface area (Å²) in [4.78, 5) is 11.5. The standard InChI is InChI=1S/C23H38NO3.ClH/c1-9-10-14-24(7,8)15-13-23(6)12-11-20-18(4)21(26-19(5)25)16(2)17(3)22(20)27-23;/h9-15H2,1-8H3;1H/q+1;/p-1. The molecule has 1 unspecified atom stereocenters. The molecule has 4 nitrogen and oxygen atoms in total. The van der Waals surface area contributed by atoms with E-state index < -0.39 is 0 Å². The minimum Gasteiger partial charge on any atom is -1.00 e. The number of hydrogen-bond donors (Lipinski definition) is 0. The average Bonchev–Trinajstić information content (AvgIpc) is 2.60. The van der Waals surface area contributed by atoms with E-state index in [0.717, 1.165) is 52.7 Å². The number of unbranched alkanes of at least 4 members (excludes halogenated alkanes) is 1. The molecule has 0 fully saturated rings. The van der Waals surface area contributed by atoms with Crippen LogP contribution >= 0.6 is 0 Å². The minimum absolute atomic E-state index is 0. The Morgan fingerprint density at radius 1 is 1.14 bits per heavy atom. The summed E-state index contributed by atoms with van der Waals surface area (Å²) in [5, 5.41) is 0. The van der Waals surface area contributed by atoms with Crippen LogP contribution in [0, 0.1) is 20.8 Å². The van der Waals surface area contributed by atoms with Gasteiger partial charge in [0, 0.05) is 18.9 Å². The Bertz CT molecular complexity index is 715. The number of esters is 1. The molecule has 0 aromatic heterocycles. The van der Waals surface area contributed by atoms with Gasteiger partial charge in [0.15, 0.2) is 0 Å². The second-order valence-electron chi connectivity index (χ2n) is 9.14. The van der Waals surface area contributed by atoms with Crippen molar-refractivity contribution in [1.29, 1.82) is 0 Å². The molecule has 0 bridgehead atoms. The highest BCUT2D eigenvalue weighted by Gasteiger charge is 2.36. The van der Waals surface area contributed by atoms with Crippen molar-refractivity contribution in [2.45, 2.75) is 79.2 Å². The molecule has 1 aromatic carbocycles. The summed E-state index contributed by atoms with van der Waals surface area (Å²) < 4.78 is 13.2. The molecule has 0 spiro atoms. The number of halogens is 1. The van der Waals surface area contributed by atoms with Crippen molar-refractivity contribution in [3.8, 4) is 11.5 Å². The second kappa shape index (κ2) is 9.49. The van der Waals surface area contributed by atoms with E-state index in [9.17, 15) is 4.79 Å². The molecule has 0 aliphatic carbocycles. The molecule has 5 heteroatoms. The lowest BCUT2D eigenvalue weighted by Crippen LogP contribution is -3.00. The van der Waals surface area contributed by atoms with Crippen LogP contribution in [-0.2, 0) is 11.2 Å². The first-order chi connectivity index (χ1) is 12.5. The third kappa shape index (κ3) is 5.64. The third-order valence-corrected chi connectivity index (χ3v) is 6.17. The van der Waals surface area contributed by atoms with E-state index in [0.29, 0.717) is 5.75 Å². The number of rotatable bonds is 7. The Morgan fingerprint density at radius 3 is 2.36 bits per heavy atom. The van der Waals surface area contributed by atoms with Crippen LogP contribution in [0.4, 0.5) is 0 Å². The summed E-state index contributed by atoms with van der Waals surface area (Å²) >= 11 is 0. The lowest BCUT2D eigenvalue weighted by Gasteiger charge is -2.40. The summed E-state index contributed by atoms with van der Waals surface area (Å²) in [5.74, 6) is 1.45. The Kier molecular flexibility index (Phi) is 8.40. The highest BCUT2D eigenvalue weighted by Crippen LogP contribution is 2.44. The number of nitrogens with zero attached hydrogens (tertiary/aromatic N) is 1. The van der Waals surface area contributed by atoms with Gasteiger partial charge in [-0.3, -0.25) is 4.79 Å². The second-order valence-corrected chi connectivity index (χ2v) is 9.14. The molecule has 160 valence electrons. The fraction of sp³-hybridized carbons (Fsp3) is 0.696. The highest BCUT2D eigenvalue weighted by molar-refractivity contribution is 5.72. The first-order valence-corrected chi connectivity index (χ1v) is 10.3. The zero-order chi connectivity index (χ0) is 20.4. The molecule has 0 saturated heterocycles. The molecule has 0 N–H and O–H groups in total. The predicted octanol–water partition coefficient (Wildman–Crippen LogP) is 1.89. The number of carbonyl (C=O) groups excluding carboxylic acids is 1. The van der Waals surface area contributed by atoms with Gasteiger partial charge in [-0.05, 0) is 63.6 Å². The van der Waals surface area contributed by atoms with E-state index in [2.05, 4.69) is 34.9 Å². The van der Waals surface area contributed by atoms with Crippen molar-refractivity contribution >= 4 is 5.97 Å². The molecule has 28 heavy (non-hydrogen) atoms. The van der Waals surface area contributed by atoms with E-state index in [4.69, 9.17) is 9.47 Å². The third-order valence-electron chi connectivity index (χ3n) is 6.17. The van der Waals surface area contributed by atoms with Gasteiger partial charge in [0.05, 0.1) is 27.2 Å². The van der Waals surface area contributed by atoms with Gasteiger partial charge in [0.1, 0.15) is 17.1 Å². The number of carbonyl (C=O) groups is 1. The van der Waals surface area contributed by atoms with Gasteiger partial charge in [0.2, 0.25) is 0 Å². The van der Waals surface area contributed by atoms with E-state index in [-0.39, 0.29) is 24.0 Å². The lowest BCUT2D eigenvalue weighted by molar-refractivity contribution is -0.891. The van der Waals surface area contributed by atoms with Crippen molar-refractivity contribution in [1.82, 2.24) is 0 Å². The highest BCUT2D eigenvalue weighted by atomic mass is 35.5. The Hall–Kier alpha value is -1.26. The van der Waals surface area contributed by atoms with Crippen molar-refractivity contribution in [2.75, 3.05) is 27.2 Å². The summed E-state index contributed by atoms with van der Waals surface area (Å²) in [7, 11) is 4.64. The smallest absolute Gasteiger partial charge is 0.308 e. The monoisotopic (exact) mass is 411 g/mol. The maximum absolute atomic E-state index is 11.5. The summed E-state index contributed by atoms with van der Waals surface area (Å²) in [5.41, 5.74) is 4.21. The largest absolute Gasteiger partial charge is 1.00 e. The SMILES string of the molecule is CCCC[N+](C)(C)CCC1(C)CCc2c(C)c(OC(C)=O)c(C)c(C)c2O1.[Cl-]. The van der Waals surface area contributed by atoms with Gasteiger partial charge in [-0.1, -0.05) is 13.3 Å². The van der Waals surface area contributed by atoms with E-state index in [1.807, 2.05) is 13.8 Å². The normalized spacial score (nSPS) is 18.7. The topological polar surface area (TPSA) is 35.5 Å². The Morgan fingerprint density at radius 2 is 1.79 bits per heavy atom. The number of fused-ring (bicyclic) bond motifs is 1. The van der Waals surface area contributed by atoms with Gasteiger partial charge in [-0.15, -0.1) is 0 Å². The Labute approximate surface area is 177 Å². The zero-order valence-electron chi connectivity index (χ0n) is 19.0. The van der Waals surface area contributed by atoms with Gasteiger partial charge >= 0.3 is 5.97 Å². The quantitative estimate of drug-likeness (QED) is 0.390. The first-order valence-electron chi connectivity index (χ1n) is 10.3. The van der Waals surface area contributed by atoms with Crippen molar-refractivity contribution in [2.24, 2.45) is 0 Å². The van der Waals surface area contributed by atoms with Crippen LogP contribution in [0.3, 0.4) is 0 Å².